The Morgan fingerprint density at radius 2 is 2.00 bits per heavy atom. The minimum atomic E-state index is -0.248. The molecule has 0 bridgehead atoms. The van der Waals surface area contributed by atoms with E-state index in [1.165, 1.54) is 19.2 Å². The second-order valence-corrected chi connectivity index (χ2v) is 4.12. The highest BCUT2D eigenvalue weighted by Gasteiger charge is 2.14. The number of halogens is 1. The lowest BCUT2D eigenvalue weighted by Crippen LogP contribution is -2.39. The van der Waals surface area contributed by atoms with E-state index >= 15 is 0 Å². The Labute approximate surface area is 106 Å². The Balaban J connectivity index is 2.08. The number of ether oxygens (including phenoxy) is 1. The van der Waals surface area contributed by atoms with E-state index in [-0.39, 0.29) is 5.82 Å². The summed E-state index contributed by atoms with van der Waals surface area (Å²) in [6, 6.07) is 6.29. The van der Waals surface area contributed by atoms with E-state index in [9.17, 15) is 4.39 Å². The molecule has 0 N–H and O–H groups in total. The highest BCUT2D eigenvalue weighted by Crippen LogP contribution is 2.07. The lowest BCUT2D eigenvalue weighted by molar-refractivity contribution is 0.0449. The summed E-state index contributed by atoms with van der Waals surface area (Å²) in [4.78, 5) is 7.11. The zero-order valence-corrected chi connectivity index (χ0v) is 10.4. The minimum absolute atomic E-state index is 0.248. The number of hydrogen-bond acceptors (Lipinski definition) is 4. The van der Waals surface area contributed by atoms with Gasteiger partial charge in [0, 0.05) is 25.2 Å². The summed E-state index contributed by atoms with van der Waals surface area (Å²) in [6.07, 6.45) is 0. The van der Waals surface area contributed by atoms with Gasteiger partial charge in [-0.15, -0.1) is 0 Å². The molecule has 1 fully saturated rings. The third kappa shape index (κ3) is 3.51. The van der Waals surface area contributed by atoms with Crippen molar-refractivity contribution in [1.29, 1.82) is 0 Å². The molecule has 1 aromatic rings. The van der Waals surface area contributed by atoms with Crippen LogP contribution in [0.3, 0.4) is 0 Å². The highest BCUT2D eigenvalue weighted by atomic mass is 19.1. The number of benzene rings is 1. The van der Waals surface area contributed by atoms with Crippen molar-refractivity contribution < 1.29 is 14.0 Å². The molecular formula is C13H17FN2O2. The monoisotopic (exact) mass is 252 g/mol. The van der Waals surface area contributed by atoms with Crippen molar-refractivity contribution in [3.8, 4) is 0 Å². The molecule has 0 saturated carbocycles. The van der Waals surface area contributed by atoms with Crippen LogP contribution in [0.4, 0.5) is 4.39 Å². The molecule has 1 heterocycles. The van der Waals surface area contributed by atoms with Crippen LogP contribution in [0.15, 0.2) is 29.4 Å². The maximum Gasteiger partial charge on any atom is 0.123 e. The van der Waals surface area contributed by atoms with E-state index in [2.05, 4.69) is 10.1 Å². The minimum Gasteiger partial charge on any atom is -0.399 e. The molecule has 0 unspecified atom stereocenters. The van der Waals surface area contributed by atoms with Crippen LogP contribution in [0.5, 0.6) is 0 Å². The van der Waals surface area contributed by atoms with Crippen molar-refractivity contribution in [2.75, 3.05) is 40.0 Å². The van der Waals surface area contributed by atoms with Gasteiger partial charge in [0.2, 0.25) is 0 Å². The first-order chi connectivity index (χ1) is 8.79. The fourth-order valence-electron chi connectivity index (χ4n) is 1.90. The van der Waals surface area contributed by atoms with Gasteiger partial charge in [0.25, 0.3) is 0 Å². The van der Waals surface area contributed by atoms with Crippen molar-refractivity contribution in [2.24, 2.45) is 5.16 Å². The Bertz CT molecular complexity index is 400. The molecule has 0 aliphatic carbocycles. The Morgan fingerprint density at radius 1 is 1.33 bits per heavy atom. The van der Waals surface area contributed by atoms with Gasteiger partial charge in [0.05, 0.1) is 13.2 Å². The Morgan fingerprint density at radius 3 is 2.61 bits per heavy atom. The zero-order valence-electron chi connectivity index (χ0n) is 10.4. The largest absolute Gasteiger partial charge is 0.399 e. The lowest BCUT2D eigenvalue weighted by Gasteiger charge is -2.26. The van der Waals surface area contributed by atoms with E-state index in [4.69, 9.17) is 9.57 Å². The Hall–Kier alpha value is -1.46. The first-order valence-electron chi connectivity index (χ1n) is 5.95. The van der Waals surface area contributed by atoms with Gasteiger partial charge < -0.3 is 9.57 Å². The van der Waals surface area contributed by atoms with E-state index in [1.54, 1.807) is 12.1 Å². The summed E-state index contributed by atoms with van der Waals surface area (Å²) in [5, 5.41) is 4.03. The maximum atomic E-state index is 12.9. The molecule has 4 nitrogen and oxygen atoms in total. The van der Waals surface area contributed by atoms with Gasteiger partial charge in [-0.1, -0.05) is 17.3 Å². The van der Waals surface area contributed by atoms with Gasteiger partial charge in [-0.05, 0) is 12.1 Å². The van der Waals surface area contributed by atoms with Crippen molar-refractivity contribution in [3.63, 3.8) is 0 Å². The maximum absolute atomic E-state index is 12.9. The van der Waals surface area contributed by atoms with Gasteiger partial charge in [0.1, 0.15) is 18.6 Å². The Kier molecular flexibility index (Phi) is 4.66. The summed E-state index contributed by atoms with van der Waals surface area (Å²) < 4.78 is 18.2. The van der Waals surface area contributed by atoms with Crippen LogP contribution in [-0.4, -0.2) is 50.6 Å². The molecule has 0 spiro atoms. The molecule has 0 aromatic heterocycles. The second-order valence-electron chi connectivity index (χ2n) is 4.12. The predicted molar refractivity (Wildman–Crippen MR) is 67.2 cm³/mol. The summed E-state index contributed by atoms with van der Waals surface area (Å²) >= 11 is 0. The first kappa shape index (κ1) is 13.0. The van der Waals surface area contributed by atoms with E-state index in [0.717, 1.165) is 37.6 Å². The molecule has 1 aliphatic heterocycles. The molecule has 0 radical (unpaired) electrons. The third-order valence-electron chi connectivity index (χ3n) is 2.86. The molecule has 18 heavy (non-hydrogen) atoms. The predicted octanol–water partition coefficient (Wildman–Crippen LogP) is 1.51. The van der Waals surface area contributed by atoms with Crippen LogP contribution >= 0.6 is 0 Å². The molecular weight excluding hydrogens is 235 g/mol. The van der Waals surface area contributed by atoms with Gasteiger partial charge in [-0.25, -0.2) is 4.39 Å². The first-order valence-corrected chi connectivity index (χ1v) is 5.95. The number of nitrogens with zero attached hydrogens (tertiary/aromatic N) is 2. The van der Waals surface area contributed by atoms with Crippen molar-refractivity contribution in [2.45, 2.75) is 0 Å². The quantitative estimate of drug-likeness (QED) is 0.601. The fourth-order valence-corrected chi connectivity index (χ4v) is 1.90. The average Bonchev–Trinajstić information content (AvgIpc) is 2.40. The number of oxime groups is 1. The van der Waals surface area contributed by atoms with Crippen LogP contribution < -0.4 is 0 Å². The zero-order chi connectivity index (χ0) is 12.8. The van der Waals surface area contributed by atoms with Gasteiger partial charge in [0.15, 0.2) is 0 Å². The van der Waals surface area contributed by atoms with Crippen molar-refractivity contribution >= 4 is 5.71 Å². The summed E-state index contributed by atoms with van der Waals surface area (Å²) in [6.45, 7) is 3.92. The van der Waals surface area contributed by atoms with Gasteiger partial charge in [-0.3, -0.25) is 4.90 Å². The van der Waals surface area contributed by atoms with Crippen LogP contribution in [0, 0.1) is 5.82 Å². The van der Waals surface area contributed by atoms with Gasteiger partial charge >= 0.3 is 0 Å². The summed E-state index contributed by atoms with van der Waals surface area (Å²) in [5.41, 5.74) is 1.68. The standard InChI is InChI=1S/C13H17FN2O2/c1-17-15-13(10-16-6-8-18-9-7-16)11-2-4-12(14)5-3-11/h2-5H,6-10H2,1H3. The molecule has 0 amide bonds. The normalized spacial score (nSPS) is 17.8. The molecule has 2 rings (SSSR count). The van der Waals surface area contributed by atoms with Crippen LogP contribution in [0.2, 0.25) is 0 Å². The van der Waals surface area contributed by atoms with Crippen LogP contribution in [-0.2, 0) is 9.57 Å². The smallest absolute Gasteiger partial charge is 0.123 e. The SMILES string of the molecule is CON=C(CN1CCOCC1)c1ccc(F)cc1. The summed E-state index contributed by atoms with van der Waals surface area (Å²) in [5.74, 6) is -0.248. The van der Waals surface area contributed by atoms with Gasteiger partial charge in [-0.2, -0.15) is 0 Å². The third-order valence-corrected chi connectivity index (χ3v) is 2.86. The van der Waals surface area contributed by atoms with E-state index in [0.29, 0.717) is 6.54 Å². The molecule has 1 saturated heterocycles. The fraction of sp³-hybridized carbons (Fsp3) is 0.462. The molecule has 0 atom stereocenters. The topological polar surface area (TPSA) is 34.1 Å². The number of morpholine rings is 1. The highest BCUT2D eigenvalue weighted by molar-refractivity contribution is 6.01. The molecule has 1 aliphatic rings. The van der Waals surface area contributed by atoms with E-state index < -0.39 is 0 Å². The molecule has 98 valence electrons. The number of rotatable bonds is 4. The lowest BCUT2D eigenvalue weighted by atomic mass is 10.1. The van der Waals surface area contributed by atoms with Crippen molar-refractivity contribution in [3.05, 3.63) is 35.6 Å². The van der Waals surface area contributed by atoms with Crippen LogP contribution in [0.25, 0.3) is 0 Å². The van der Waals surface area contributed by atoms with Crippen LogP contribution in [0.1, 0.15) is 5.56 Å². The molecule has 5 heteroatoms. The molecule has 1 aromatic carbocycles. The summed E-state index contributed by atoms with van der Waals surface area (Å²) in [7, 11) is 1.52. The average molecular weight is 252 g/mol. The second kappa shape index (κ2) is 6.47. The number of hydrogen-bond donors (Lipinski definition) is 0. The van der Waals surface area contributed by atoms with E-state index in [1.807, 2.05) is 0 Å². The van der Waals surface area contributed by atoms with Crippen molar-refractivity contribution in [1.82, 2.24) is 4.90 Å².